The summed E-state index contributed by atoms with van der Waals surface area (Å²) in [7, 11) is 1.90. The second kappa shape index (κ2) is 7.40. The van der Waals surface area contributed by atoms with Crippen LogP contribution in [0.15, 0.2) is 48.8 Å². The Labute approximate surface area is 163 Å². The van der Waals surface area contributed by atoms with E-state index in [1.54, 1.807) is 18.5 Å². The minimum absolute atomic E-state index is 0.395. The predicted octanol–water partition coefficient (Wildman–Crippen LogP) is 5.40. The molecule has 0 aliphatic heterocycles. The number of carbonyl (C=O) groups excluding carboxylic acids is 1. The van der Waals surface area contributed by atoms with Crippen molar-refractivity contribution in [3.63, 3.8) is 0 Å². The largest absolute Gasteiger partial charge is 0.444 e. The Morgan fingerprint density at radius 3 is 2.59 bits per heavy atom. The first-order valence-electron chi connectivity index (χ1n) is 8.47. The molecule has 7 heteroatoms. The van der Waals surface area contributed by atoms with E-state index < -0.39 is 11.7 Å². The number of fused-ring (bicyclic) bond motifs is 1. The van der Waals surface area contributed by atoms with E-state index >= 15 is 0 Å². The van der Waals surface area contributed by atoms with E-state index in [2.05, 4.69) is 15.3 Å². The molecule has 2 heterocycles. The summed E-state index contributed by atoms with van der Waals surface area (Å²) >= 11 is 6.16. The van der Waals surface area contributed by atoms with E-state index in [-0.39, 0.29) is 0 Å². The Bertz CT molecular complexity index is 985. The lowest BCUT2D eigenvalue weighted by Crippen LogP contribution is -2.27. The van der Waals surface area contributed by atoms with Gasteiger partial charge < -0.3 is 9.64 Å². The number of nitrogens with zero attached hydrogens (tertiary/aromatic N) is 3. The zero-order chi connectivity index (χ0) is 19.6. The van der Waals surface area contributed by atoms with Crippen LogP contribution in [0.1, 0.15) is 20.8 Å². The SMILES string of the molecule is CN(c1ccnc(NC(=O)OC(C)(C)C)c1)c1nccc2ccc(Cl)cc12. The molecule has 3 rings (SSSR count). The van der Waals surface area contributed by atoms with Crippen molar-refractivity contribution >= 4 is 45.8 Å². The van der Waals surface area contributed by atoms with Crippen LogP contribution in [0.3, 0.4) is 0 Å². The van der Waals surface area contributed by atoms with Gasteiger partial charge in [0.25, 0.3) is 0 Å². The van der Waals surface area contributed by atoms with Gasteiger partial charge in [0.2, 0.25) is 0 Å². The molecule has 0 radical (unpaired) electrons. The van der Waals surface area contributed by atoms with Gasteiger partial charge in [0.15, 0.2) is 0 Å². The van der Waals surface area contributed by atoms with Crippen LogP contribution in [0, 0.1) is 0 Å². The quantitative estimate of drug-likeness (QED) is 0.655. The maximum atomic E-state index is 12.0. The van der Waals surface area contributed by atoms with E-state index in [0.717, 1.165) is 22.3 Å². The first-order chi connectivity index (χ1) is 12.7. The van der Waals surface area contributed by atoms with Crippen LogP contribution < -0.4 is 10.2 Å². The highest BCUT2D eigenvalue weighted by Crippen LogP contribution is 2.31. The summed E-state index contributed by atoms with van der Waals surface area (Å²) in [5, 5.41) is 5.27. The first kappa shape index (κ1) is 18.9. The first-order valence-corrected chi connectivity index (χ1v) is 8.85. The van der Waals surface area contributed by atoms with Crippen LogP contribution in [-0.2, 0) is 4.74 Å². The number of hydrogen-bond donors (Lipinski definition) is 1. The van der Waals surface area contributed by atoms with Crippen LogP contribution in [0.4, 0.5) is 22.1 Å². The number of ether oxygens (including phenoxy) is 1. The topological polar surface area (TPSA) is 67.4 Å². The molecule has 140 valence electrons. The lowest BCUT2D eigenvalue weighted by molar-refractivity contribution is 0.0635. The summed E-state index contributed by atoms with van der Waals surface area (Å²) in [5.41, 5.74) is 0.237. The number of benzene rings is 1. The fourth-order valence-electron chi connectivity index (χ4n) is 2.62. The molecule has 0 unspecified atom stereocenters. The van der Waals surface area contributed by atoms with Crippen molar-refractivity contribution in [1.82, 2.24) is 9.97 Å². The number of anilines is 3. The number of pyridine rings is 2. The minimum atomic E-state index is -0.579. The van der Waals surface area contributed by atoms with E-state index in [0.29, 0.717) is 10.8 Å². The lowest BCUT2D eigenvalue weighted by Gasteiger charge is -2.21. The monoisotopic (exact) mass is 384 g/mol. The molecule has 0 fully saturated rings. The Hall–Kier alpha value is -2.86. The number of nitrogens with one attached hydrogen (secondary N) is 1. The van der Waals surface area contributed by atoms with Gasteiger partial charge in [-0.25, -0.2) is 14.8 Å². The number of hydrogen-bond acceptors (Lipinski definition) is 5. The van der Waals surface area contributed by atoms with Crippen LogP contribution >= 0.6 is 11.6 Å². The smallest absolute Gasteiger partial charge is 0.413 e. The molecular formula is C20H21ClN4O2. The predicted molar refractivity (Wildman–Crippen MR) is 109 cm³/mol. The normalized spacial score (nSPS) is 11.3. The van der Waals surface area contributed by atoms with Gasteiger partial charge in [-0.05, 0) is 50.4 Å². The maximum absolute atomic E-state index is 12.0. The molecule has 27 heavy (non-hydrogen) atoms. The van der Waals surface area contributed by atoms with Crippen molar-refractivity contribution in [2.45, 2.75) is 26.4 Å². The van der Waals surface area contributed by atoms with Crippen LogP contribution in [-0.4, -0.2) is 28.7 Å². The summed E-state index contributed by atoms with van der Waals surface area (Å²) in [5.74, 6) is 1.15. The third kappa shape index (κ3) is 4.65. The Kier molecular flexibility index (Phi) is 5.19. The van der Waals surface area contributed by atoms with Crippen molar-refractivity contribution in [2.75, 3.05) is 17.3 Å². The second-order valence-electron chi connectivity index (χ2n) is 7.09. The van der Waals surface area contributed by atoms with Gasteiger partial charge in [-0.15, -0.1) is 0 Å². The van der Waals surface area contributed by atoms with Crippen LogP contribution in [0.5, 0.6) is 0 Å². The summed E-state index contributed by atoms with van der Waals surface area (Å²) < 4.78 is 5.27. The number of carbonyl (C=O) groups is 1. The Morgan fingerprint density at radius 2 is 1.85 bits per heavy atom. The fourth-order valence-corrected chi connectivity index (χ4v) is 2.79. The molecular weight excluding hydrogens is 364 g/mol. The number of halogens is 1. The molecule has 0 spiro atoms. The number of rotatable bonds is 3. The van der Waals surface area contributed by atoms with Crippen molar-refractivity contribution in [2.24, 2.45) is 0 Å². The second-order valence-corrected chi connectivity index (χ2v) is 7.52. The standard InChI is InChI=1S/C20H21ClN4O2/c1-20(2,3)27-19(26)24-17-12-15(8-10-22-17)25(4)18-16-11-14(21)6-5-13(16)7-9-23-18/h5-12H,1-4H3,(H,22,24,26). The van der Waals surface area contributed by atoms with Crippen molar-refractivity contribution in [1.29, 1.82) is 0 Å². The maximum Gasteiger partial charge on any atom is 0.413 e. The van der Waals surface area contributed by atoms with Gasteiger partial charge in [0.05, 0.1) is 0 Å². The van der Waals surface area contributed by atoms with Crippen LogP contribution in [0.25, 0.3) is 10.8 Å². The van der Waals surface area contributed by atoms with Crippen molar-refractivity contribution < 1.29 is 9.53 Å². The van der Waals surface area contributed by atoms with E-state index in [9.17, 15) is 4.79 Å². The molecule has 1 amide bonds. The molecule has 1 aromatic carbocycles. The zero-order valence-electron chi connectivity index (χ0n) is 15.7. The minimum Gasteiger partial charge on any atom is -0.444 e. The Morgan fingerprint density at radius 1 is 1.11 bits per heavy atom. The molecule has 3 aromatic rings. The highest BCUT2D eigenvalue weighted by atomic mass is 35.5. The molecule has 1 N–H and O–H groups in total. The van der Waals surface area contributed by atoms with E-state index in [1.165, 1.54) is 0 Å². The van der Waals surface area contributed by atoms with E-state index in [4.69, 9.17) is 16.3 Å². The number of aromatic nitrogens is 2. The fraction of sp³-hybridized carbons (Fsp3) is 0.250. The van der Waals surface area contributed by atoms with Gasteiger partial charge >= 0.3 is 6.09 Å². The molecule has 6 nitrogen and oxygen atoms in total. The molecule has 0 saturated heterocycles. The zero-order valence-corrected chi connectivity index (χ0v) is 16.4. The lowest BCUT2D eigenvalue weighted by atomic mass is 10.1. The summed E-state index contributed by atoms with van der Waals surface area (Å²) in [6.07, 6.45) is 2.82. The highest BCUT2D eigenvalue weighted by molar-refractivity contribution is 6.31. The van der Waals surface area contributed by atoms with E-state index in [1.807, 2.05) is 63.1 Å². The Balaban J connectivity index is 1.89. The molecule has 0 aliphatic carbocycles. The molecule has 0 bridgehead atoms. The van der Waals surface area contributed by atoms with Crippen molar-refractivity contribution in [3.05, 3.63) is 53.8 Å². The van der Waals surface area contributed by atoms with Gasteiger partial charge in [0.1, 0.15) is 17.2 Å². The molecule has 0 atom stereocenters. The summed E-state index contributed by atoms with van der Waals surface area (Å²) in [6, 6.07) is 11.2. The molecule has 0 aliphatic rings. The van der Waals surface area contributed by atoms with Gasteiger partial charge in [-0.1, -0.05) is 17.7 Å². The highest BCUT2D eigenvalue weighted by Gasteiger charge is 2.17. The number of amides is 1. The van der Waals surface area contributed by atoms with Gasteiger partial charge in [0, 0.05) is 41.6 Å². The molecule has 0 saturated carbocycles. The average molecular weight is 385 g/mol. The molecule has 2 aromatic heterocycles. The van der Waals surface area contributed by atoms with Crippen LogP contribution in [0.2, 0.25) is 5.02 Å². The average Bonchev–Trinajstić information content (AvgIpc) is 2.59. The third-order valence-electron chi connectivity index (χ3n) is 3.78. The van der Waals surface area contributed by atoms with Gasteiger partial charge in [-0.2, -0.15) is 0 Å². The summed E-state index contributed by atoms with van der Waals surface area (Å²) in [4.78, 5) is 22.6. The summed E-state index contributed by atoms with van der Waals surface area (Å²) in [6.45, 7) is 5.42. The third-order valence-corrected chi connectivity index (χ3v) is 4.02. The van der Waals surface area contributed by atoms with Gasteiger partial charge in [-0.3, -0.25) is 5.32 Å². The van der Waals surface area contributed by atoms with Crippen molar-refractivity contribution in [3.8, 4) is 0 Å².